The normalized spacial score (nSPS) is 21.1. The fraction of sp³-hybridized carbons (Fsp3) is 0.429. The second-order valence-corrected chi connectivity index (χ2v) is 4.23. The predicted octanol–water partition coefficient (Wildman–Crippen LogP) is 3.01. The molecule has 0 saturated heterocycles. The van der Waals surface area contributed by atoms with Crippen molar-refractivity contribution in [2.75, 3.05) is 7.11 Å². The Balaban J connectivity index is 2.21. The Morgan fingerprint density at radius 2 is 1.94 bits per heavy atom. The fourth-order valence-corrected chi connectivity index (χ4v) is 2.11. The van der Waals surface area contributed by atoms with Crippen molar-refractivity contribution in [3.63, 3.8) is 0 Å². The highest BCUT2D eigenvalue weighted by Crippen LogP contribution is 2.27. The summed E-state index contributed by atoms with van der Waals surface area (Å²) in [5.74, 6) is 0.874. The van der Waals surface area contributed by atoms with Gasteiger partial charge in [0.2, 0.25) is 0 Å². The van der Waals surface area contributed by atoms with Gasteiger partial charge in [-0.2, -0.15) is 0 Å². The van der Waals surface area contributed by atoms with Gasteiger partial charge in [0.1, 0.15) is 5.75 Å². The molecular weight excluding hydrogens is 200 g/mol. The number of hydrogen-bond donors (Lipinski definition) is 1. The quantitative estimate of drug-likeness (QED) is 0.826. The van der Waals surface area contributed by atoms with Crippen molar-refractivity contribution in [1.82, 2.24) is 0 Å². The summed E-state index contributed by atoms with van der Waals surface area (Å²) < 4.78 is 5.13. The highest BCUT2D eigenvalue weighted by Gasteiger charge is 2.10. The molecule has 0 aromatic heterocycles. The van der Waals surface area contributed by atoms with Gasteiger partial charge < -0.3 is 9.84 Å². The Labute approximate surface area is 96.6 Å². The van der Waals surface area contributed by atoms with Gasteiger partial charge in [0, 0.05) is 0 Å². The van der Waals surface area contributed by atoms with Crippen LogP contribution in [-0.2, 0) is 0 Å². The van der Waals surface area contributed by atoms with Gasteiger partial charge in [-0.15, -0.1) is 0 Å². The van der Waals surface area contributed by atoms with Crippen LogP contribution in [0, 0.1) is 0 Å². The maximum Gasteiger partial charge on any atom is 0.118 e. The number of allylic oxidation sites excluding steroid dienone is 1. The van der Waals surface area contributed by atoms with Crippen molar-refractivity contribution in [2.24, 2.45) is 0 Å². The van der Waals surface area contributed by atoms with Crippen molar-refractivity contribution in [1.29, 1.82) is 0 Å². The van der Waals surface area contributed by atoms with Crippen molar-refractivity contribution >= 4 is 5.57 Å². The van der Waals surface area contributed by atoms with E-state index in [1.807, 2.05) is 18.2 Å². The molecule has 86 valence electrons. The number of methoxy groups -OCH3 is 1. The first-order valence-electron chi connectivity index (χ1n) is 5.83. The Hall–Kier alpha value is -1.28. The van der Waals surface area contributed by atoms with Crippen LogP contribution < -0.4 is 4.74 Å². The molecule has 0 bridgehead atoms. The van der Waals surface area contributed by atoms with Crippen LogP contribution in [0.2, 0.25) is 0 Å². The van der Waals surface area contributed by atoms with E-state index in [2.05, 4.69) is 12.1 Å². The molecule has 2 rings (SSSR count). The lowest BCUT2D eigenvalue weighted by molar-refractivity contribution is 0.211. The van der Waals surface area contributed by atoms with Crippen LogP contribution in [0.1, 0.15) is 31.2 Å². The van der Waals surface area contributed by atoms with Gasteiger partial charge in [-0.25, -0.2) is 0 Å². The van der Waals surface area contributed by atoms with Gasteiger partial charge in [-0.05, 0) is 42.5 Å². The van der Waals surface area contributed by atoms with Crippen molar-refractivity contribution in [2.45, 2.75) is 31.8 Å². The van der Waals surface area contributed by atoms with Crippen LogP contribution in [0.15, 0.2) is 30.3 Å². The topological polar surface area (TPSA) is 29.5 Å². The van der Waals surface area contributed by atoms with Gasteiger partial charge in [-0.1, -0.05) is 24.6 Å². The molecule has 0 heterocycles. The Kier molecular flexibility index (Phi) is 3.62. The molecule has 0 spiro atoms. The standard InChI is InChI=1S/C14H18O2/c1-16-14-8-6-11(7-9-14)12-4-2-3-5-13(15)10-12/h6-10,13,15H,2-5H2,1H3. The predicted molar refractivity (Wildman–Crippen MR) is 65.4 cm³/mol. The number of hydrogen-bond acceptors (Lipinski definition) is 2. The fourth-order valence-electron chi connectivity index (χ4n) is 2.11. The Morgan fingerprint density at radius 1 is 1.19 bits per heavy atom. The summed E-state index contributed by atoms with van der Waals surface area (Å²) in [6, 6.07) is 8.05. The zero-order valence-electron chi connectivity index (χ0n) is 9.65. The maximum atomic E-state index is 9.72. The first kappa shape index (κ1) is 11.2. The van der Waals surface area contributed by atoms with E-state index >= 15 is 0 Å². The van der Waals surface area contributed by atoms with E-state index in [0.717, 1.165) is 31.4 Å². The van der Waals surface area contributed by atoms with E-state index in [1.165, 1.54) is 11.1 Å². The minimum Gasteiger partial charge on any atom is -0.497 e. The number of aliphatic hydroxyl groups is 1. The largest absolute Gasteiger partial charge is 0.497 e. The zero-order chi connectivity index (χ0) is 11.4. The van der Waals surface area contributed by atoms with Crippen LogP contribution >= 0.6 is 0 Å². The van der Waals surface area contributed by atoms with Crippen LogP contribution in [0.25, 0.3) is 5.57 Å². The molecular formula is C14H18O2. The molecule has 1 atom stereocenters. The first-order valence-corrected chi connectivity index (χ1v) is 5.83. The molecule has 0 fully saturated rings. The molecule has 0 amide bonds. The maximum absolute atomic E-state index is 9.72. The highest BCUT2D eigenvalue weighted by atomic mass is 16.5. The summed E-state index contributed by atoms with van der Waals surface area (Å²) in [7, 11) is 1.67. The van der Waals surface area contributed by atoms with Gasteiger partial charge >= 0.3 is 0 Å². The molecule has 1 N–H and O–H groups in total. The lowest BCUT2D eigenvalue weighted by Crippen LogP contribution is -2.00. The van der Waals surface area contributed by atoms with Gasteiger partial charge in [0.15, 0.2) is 0 Å². The SMILES string of the molecule is COc1ccc(C2=CC(O)CCCC2)cc1. The van der Waals surface area contributed by atoms with Gasteiger partial charge in [0.25, 0.3) is 0 Å². The third-order valence-corrected chi connectivity index (χ3v) is 3.05. The van der Waals surface area contributed by atoms with Crippen molar-refractivity contribution < 1.29 is 9.84 Å². The minimum absolute atomic E-state index is 0.278. The summed E-state index contributed by atoms with van der Waals surface area (Å²) in [4.78, 5) is 0. The molecule has 1 aliphatic carbocycles. The monoisotopic (exact) mass is 218 g/mol. The Bertz CT molecular complexity index is 365. The van der Waals surface area contributed by atoms with E-state index in [0.29, 0.717) is 0 Å². The lowest BCUT2D eigenvalue weighted by Gasteiger charge is -2.07. The van der Waals surface area contributed by atoms with E-state index in [9.17, 15) is 5.11 Å². The average Bonchev–Trinajstić information content (AvgIpc) is 2.54. The zero-order valence-corrected chi connectivity index (χ0v) is 9.65. The van der Waals surface area contributed by atoms with Gasteiger partial charge in [-0.3, -0.25) is 0 Å². The minimum atomic E-state index is -0.278. The molecule has 0 saturated carbocycles. The Morgan fingerprint density at radius 3 is 2.62 bits per heavy atom. The van der Waals surface area contributed by atoms with E-state index < -0.39 is 0 Å². The van der Waals surface area contributed by atoms with Crippen molar-refractivity contribution in [3.8, 4) is 5.75 Å². The smallest absolute Gasteiger partial charge is 0.118 e. The molecule has 1 aromatic rings. The summed E-state index contributed by atoms with van der Waals surface area (Å²) in [6.45, 7) is 0. The van der Waals surface area contributed by atoms with E-state index in [1.54, 1.807) is 7.11 Å². The molecule has 2 nitrogen and oxygen atoms in total. The second-order valence-electron chi connectivity index (χ2n) is 4.23. The molecule has 1 aromatic carbocycles. The number of rotatable bonds is 2. The van der Waals surface area contributed by atoms with E-state index in [-0.39, 0.29) is 6.10 Å². The van der Waals surface area contributed by atoms with Crippen molar-refractivity contribution in [3.05, 3.63) is 35.9 Å². The number of benzene rings is 1. The summed E-state index contributed by atoms with van der Waals surface area (Å²) in [5, 5.41) is 9.72. The molecule has 0 aliphatic heterocycles. The van der Waals surface area contributed by atoms with Crippen LogP contribution in [0.5, 0.6) is 5.75 Å². The lowest BCUT2D eigenvalue weighted by atomic mass is 10.0. The molecule has 1 aliphatic rings. The summed E-state index contributed by atoms with van der Waals surface area (Å²) in [6.07, 6.45) is 5.93. The molecule has 1 unspecified atom stereocenters. The van der Waals surface area contributed by atoms with Crippen LogP contribution in [0.3, 0.4) is 0 Å². The first-order chi connectivity index (χ1) is 7.79. The summed E-state index contributed by atoms with van der Waals surface area (Å²) in [5.41, 5.74) is 2.45. The molecule has 16 heavy (non-hydrogen) atoms. The average molecular weight is 218 g/mol. The molecule has 2 heteroatoms. The third-order valence-electron chi connectivity index (χ3n) is 3.05. The van der Waals surface area contributed by atoms with E-state index in [4.69, 9.17) is 4.74 Å². The second kappa shape index (κ2) is 5.17. The van der Waals surface area contributed by atoms with Gasteiger partial charge in [0.05, 0.1) is 13.2 Å². The third kappa shape index (κ3) is 2.64. The number of aliphatic hydroxyl groups excluding tert-OH is 1. The molecule has 0 radical (unpaired) electrons. The van der Waals surface area contributed by atoms with Crippen LogP contribution in [0.4, 0.5) is 0 Å². The summed E-state index contributed by atoms with van der Waals surface area (Å²) >= 11 is 0. The van der Waals surface area contributed by atoms with Crippen LogP contribution in [-0.4, -0.2) is 18.3 Å². The number of ether oxygens (including phenoxy) is 1. The highest BCUT2D eigenvalue weighted by molar-refractivity contribution is 5.66.